The topological polar surface area (TPSA) is 56.5 Å². The Morgan fingerprint density at radius 1 is 1.39 bits per heavy atom. The molecule has 0 radical (unpaired) electrons. The first-order chi connectivity index (χ1) is 8.83. The number of ether oxygens (including phenoxy) is 2. The lowest BCUT2D eigenvalue weighted by Gasteiger charge is -2.28. The largest absolute Gasteiger partial charge is 0.392 e. The Hall–Kier alpha value is -0.910. The summed E-state index contributed by atoms with van der Waals surface area (Å²) in [4.78, 5) is 0. The molecule has 0 unspecified atom stereocenters. The summed E-state index contributed by atoms with van der Waals surface area (Å²) in [6.45, 7) is 1.57. The van der Waals surface area contributed by atoms with Gasteiger partial charge in [-0.25, -0.2) is 4.68 Å². The van der Waals surface area contributed by atoms with Crippen LogP contribution in [0.15, 0.2) is 12.3 Å². The highest BCUT2D eigenvalue weighted by Gasteiger charge is 2.27. The van der Waals surface area contributed by atoms with Crippen LogP contribution in [0.1, 0.15) is 37.3 Å². The van der Waals surface area contributed by atoms with Gasteiger partial charge in [0.2, 0.25) is 0 Å². The van der Waals surface area contributed by atoms with Crippen LogP contribution in [-0.2, 0) is 16.2 Å². The van der Waals surface area contributed by atoms with E-state index in [0.717, 1.165) is 25.0 Å². The highest BCUT2D eigenvalue weighted by Crippen LogP contribution is 2.32. The Bertz CT molecular complexity index is 354. The van der Waals surface area contributed by atoms with Crippen molar-refractivity contribution in [2.45, 2.75) is 44.4 Å². The summed E-state index contributed by atoms with van der Waals surface area (Å²) in [6, 6.07) is 1.99. The van der Waals surface area contributed by atoms with Crippen molar-refractivity contribution >= 4 is 0 Å². The molecule has 1 aromatic heterocycles. The first-order valence-electron chi connectivity index (χ1n) is 6.59. The summed E-state index contributed by atoms with van der Waals surface area (Å²) < 4.78 is 12.3. The van der Waals surface area contributed by atoms with Crippen molar-refractivity contribution in [2.24, 2.45) is 0 Å². The van der Waals surface area contributed by atoms with Crippen molar-refractivity contribution in [2.75, 3.05) is 20.3 Å². The van der Waals surface area contributed by atoms with E-state index in [1.54, 1.807) is 13.3 Å². The smallest absolute Gasteiger partial charge is 0.139 e. The molecule has 0 aliphatic heterocycles. The summed E-state index contributed by atoms with van der Waals surface area (Å²) in [6.07, 6.45) is 5.75. The van der Waals surface area contributed by atoms with Gasteiger partial charge >= 0.3 is 0 Å². The molecule has 0 aromatic carbocycles. The Morgan fingerprint density at radius 2 is 2.22 bits per heavy atom. The van der Waals surface area contributed by atoms with Crippen molar-refractivity contribution in [3.05, 3.63) is 18.0 Å². The molecule has 2 atom stereocenters. The average Bonchev–Trinajstić information content (AvgIpc) is 2.83. The van der Waals surface area contributed by atoms with E-state index in [1.165, 1.54) is 6.42 Å². The molecule has 0 bridgehead atoms. The quantitative estimate of drug-likeness (QED) is 0.782. The summed E-state index contributed by atoms with van der Waals surface area (Å²) >= 11 is 0. The molecule has 102 valence electrons. The summed E-state index contributed by atoms with van der Waals surface area (Å²) in [5.74, 6) is 0.201. The van der Waals surface area contributed by atoms with Gasteiger partial charge in [0.25, 0.3) is 0 Å². The third-order valence-electron chi connectivity index (χ3n) is 3.50. The van der Waals surface area contributed by atoms with Crippen molar-refractivity contribution in [1.82, 2.24) is 9.78 Å². The standard InChI is InChI=1S/C13H22N2O3/c1-17-8-9-18-10-15-12(6-7-14-15)11-4-2-3-5-13(11)16/h6-7,11,13,16H,2-5,8-10H2,1H3/t11-,13+/m1/s1. The minimum Gasteiger partial charge on any atom is -0.392 e. The minimum atomic E-state index is -0.242. The van der Waals surface area contributed by atoms with E-state index < -0.39 is 0 Å². The van der Waals surface area contributed by atoms with E-state index in [0.29, 0.717) is 19.9 Å². The van der Waals surface area contributed by atoms with E-state index in [9.17, 15) is 5.11 Å². The lowest BCUT2D eigenvalue weighted by molar-refractivity contribution is 0.0242. The zero-order valence-corrected chi connectivity index (χ0v) is 10.9. The second-order valence-electron chi connectivity index (χ2n) is 4.74. The Labute approximate surface area is 108 Å². The number of nitrogens with zero attached hydrogens (tertiary/aromatic N) is 2. The van der Waals surface area contributed by atoms with Crippen molar-refractivity contribution in [1.29, 1.82) is 0 Å². The zero-order chi connectivity index (χ0) is 12.8. The van der Waals surface area contributed by atoms with Crippen molar-refractivity contribution in [3.8, 4) is 0 Å². The minimum absolute atomic E-state index is 0.201. The van der Waals surface area contributed by atoms with E-state index in [-0.39, 0.29) is 12.0 Å². The molecule has 1 aliphatic rings. The molecule has 2 rings (SSSR count). The van der Waals surface area contributed by atoms with Crippen LogP contribution >= 0.6 is 0 Å². The number of rotatable bonds is 6. The van der Waals surface area contributed by atoms with Gasteiger partial charge < -0.3 is 14.6 Å². The average molecular weight is 254 g/mol. The van der Waals surface area contributed by atoms with Crippen LogP contribution in [0.3, 0.4) is 0 Å². The van der Waals surface area contributed by atoms with Crippen LogP contribution in [0.2, 0.25) is 0 Å². The maximum Gasteiger partial charge on any atom is 0.139 e. The fourth-order valence-electron chi connectivity index (χ4n) is 2.52. The fourth-order valence-corrected chi connectivity index (χ4v) is 2.52. The molecule has 1 N–H and O–H groups in total. The van der Waals surface area contributed by atoms with E-state index in [4.69, 9.17) is 9.47 Å². The highest BCUT2D eigenvalue weighted by molar-refractivity contribution is 5.10. The van der Waals surface area contributed by atoms with Gasteiger partial charge in [-0.15, -0.1) is 0 Å². The van der Waals surface area contributed by atoms with Gasteiger partial charge in [-0.1, -0.05) is 12.8 Å². The number of aliphatic hydroxyl groups excluding tert-OH is 1. The van der Waals surface area contributed by atoms with Crippen molar-refractivity contribution < 1.29 is 14.6 Å². The van der Waals surface area contributed by atoms with Gasteiger partial charge in [0.1, 0.15) is 6.73 Å². The van der Waals surface area contributed by atoms with Crippen LogP contribution in [-0.4, -0.2) is 41.3 Å². The van der Waals surface area contributed by atoms with Gasteiger partial charge in [-0.05, 0) is 18.9 Å². The van der Waals surface area contributed by atoms with Crippen LogP contribution in [0.25, 0.3) is 0 Å². The zero-order valence-electron chi connectivity index (χ0n) is 10.9. The Kier molecular flexibility index (Phi) is 5.16. The lowest BCUT2D eigenvalue weighted by Crippen LogP contribution is -2.25. The number of aromatic nitrogens is 2. The molecule has 1 heterocycles. The van der Waals surface area contributed by atoms with Gasteiger partial charge in [0, 0.05) is 24.9 Å². The molecular weight excluding hydrogens is 232 g/mol. The first kappa shape index (κ1) is 13.5. The monoisotopic (exact) mass is 254 g/mol. The van der Waals surface area contributed by atoms with Crippen LogP contribution in [0.5, 0.6) is 0 Å². The maximum atomic E-state index is 10.1. The third kappa shape index (κ3) is 3.31. The molecule has 0 amide bonds. The van der Waals surface area contributed by atoms with Gasteiger partial charge in [-0.3, -0.25) is 0 Å². The van der Waals surface area contributed by atoms with E-state index in [1.807, 2.05) is 10.7 Å². The normalized spacial score (nSPS) is 24.3. The Balaban J connectivity index is 1.93. The maximum absolute atomic E-state index is 10.1. The molecule has 1 aromatic rings. The van der Waals surface area contributed by atoms with Gasteiger partial charge in [0.15, 0.2) is 0 Å². The predicted octanol–water partition coefficient (Wildman–Crippen LogP) is 1.52. The number of methoxy groups -OCH3 is 1. The summed E-state index contributed by atoms with van der Waals surface area (Å²) in [5, 5.41) is 14.3. The molecule has 5 nitrogen and oxygen atoms in total. The van der Waals surface area contributed by atoms with E-state index >= 15 is 0 Å². The van der Waals surface area contributed by atoms with E-state index in [2.05, 4.69) is 5.10 Å². The van der Waals surface area contributed by atoms with Crippen LogP contribution in [0, 0.1) is 0 Å². The number of aliphatic hydroxyl groups is 1. The molecule has 1 fully saturated rings. The Morgan fingerprint density at radius 3 is 3.00 bits per heavy atom. The molecule has 0 saturated heterocycles. The summed E-state index contributed by atoms with van der Waals surface area (Å²) in [7, 11) is 1.65. The molecule has 0 spiro atoms. The third-order valence-corrected chi connectivity index (χ3v) is 3.50. The molecule has 18 heavy (non-hydrogen) atoms. The van der Waals surface area contributed by atoms with Gasteiger partial charge in [0.05, 0.1) is 19.3 Å². The van der Waals surface area contributed by atoms with Crippen LogP contribution < -0.4 is 0 Å². The molecule has 1 saturated carbocycles. The summed E-state index contributed by atoms with van der Waals surface area (Å²) in [5.41, 5.74) is 1.08. The fraction of sp³-hybridized carbons (Fsp3) is 0.769. The molecule has 1 aliphatic carbocycles. The second-order valence-corrected chi connectivity index (χ2v) is 4.74. The SMILES string of the molecule is COCCOCn1nccc1[C@H]1CCCC[C@@H]1O. The first-order valence-corrected chi connectivity index (χ1v) is 6.59. The molecule has 5 heteroatoms. The molecular formula is C13H22N2O3. The highest BCUT2D eigenvalue weighted by atomic mass is 16.5. The lowest BCUT2D eigenvalue weighted by atomic mass is 9.84. The number of hydrogen-bond donors (Lipinski definition) is 1. The predicted molar refractivity (Wildman–Crippen MR) is 67.3 cm³/mol. The number of hydrogen-bond acceptors (Lipinski definition) is 4. The van der Waals surface area contributed by atoms with Gasteiger partial charge in [-0.2, -0.15) is 5.10 Å². The van der Waals surface area contributed by atoms with Crippen molar-refractivity contribution in [3.63, 3.8) is 0 Å². The van der Waals surface area contributed by atoms with Crippen LogP contribution in [0.4, 0.5) is 0 Å². The second kappa shape index (κ2) is 6.87.